The summed E-state index contributed by atoms with van der Waals surface area (Å²) in [5, 5.41) is 5.92. The maximum atomic E-state index is 12.2. The highest BCUT2D eigenvalue weighted by Crippen LogP contribution is 2.31. The summed E-state index contributed by atoms with van der Waals surface area (Å²) < 4.78 is 10.8. The Bertz CT molecular complexity index is 813. The van der Waals surface area contributed by atoms with Crippen molar-refractivity contribution in [2.45, 2.75) is 12.5 Å². The van der Waals surface area contributed by atoms with Crippen molar-refractivity contribution in [1.29, 1.82) is 0 Å². The van der Waals surface area contributed by atoms with Crippen molar-refractivity contribution >= 4 is 41.5 Å². The van der Waals surface area contributed by atoms with Gasteiger partial charge < -0.3 is 25.8 Å². The predicted molar refractivity (Wildman–Crippen MR) is 116 cm³/mol. The molecule has 1 amide bonds. The molecule has 7 nitrogen and oxygen atoms in total. The Labute approximate surface area is 175 Å². The van der Waals surface area contributed by atoms with Gasteiger partial charge >= 0.3 is 0 Å². The zero-order valence-electron chi connectivity index (χ0n) is 15.0. The molecule has 27 heavy (non-hydrogen) atoms. The van der Waals surface area contributed by atoms with Crippen molar-refractivity contribution in [3.63, 3.8) is 0 Å². The lowest BCUT2D eigenvalue weighted by Gasteiger charge is -2.26. The third kappa shape index (κ3) is 5.75. The molecule has 0 bridgehead atoms. The Morgan fingerprint density at radius 3 is 2.93 bits per heavy atom. The largest absolute Gasteiger partial charge is 0.497 e. The zero-order valence-corrected chi connectivity index (χ0v) is 17.3. The number of amides is 1. The maximum absolute atomic E-state index is 12.2. The highest BCUT2D eigenvalue weighted by Gasteiger charge is 2.22. The number of guanidine groups is 1. The van der Waals surface area contributed by atoms with Crippen LogP contribution in [0.2, 0.25) is 0 Å². The molecule has 0 fully saturated rings. The van der Waals surface area contributed by atoms with Gasteiger partial charge in [-0.25, -0.2) is 4.99 Å². The number of carbonyl (C=O) groups is 1. The minimum Gasteiger partial charge on any atom is -0.497 e. The van der Waals surface area contributed by atoms with Crippen molar-refractivity contribution in [3.8, 4) is 11.5 Å². The van der Waals surface area contributed by atoms with Crippen LogP contribution < -0.4 is 25.8 Å². The van der Waals surface area contributed by atoms with Gasteiger partial charge in [0.1, 0.15) is 18.0 Å². The lowest BCUT2D eigenvalue weighted by Crippen LogP contribution is -2.34. The fourth-order valence-corrected chi connectivity index (χ4v) is 2.78. The maximum Gasteiger partial charge on any atom is 0.242 e. The van der Waals surface area contributed by atoms with Crippen LogP contribution in [0.15, 0.2) is 53.5 Å². The van der Waals surface area contributed by atoms with Crippen molar-refractivity contribution < 1.29 is 14.3 Å². The molecule has 8 heteroatoms. The van der Waals surface area contributed by atoms with Crippen molar-refractivity contribution in [2.24, 2.45) is 10.7 Å². The molecule has 1 atom stereocenters. The third-order valence-electron chi connectivity index (χ3n) is 4.03. The monoisotopic (exact) mass is 482 g/mol. The summed E-state index contributed by atoms with van der Waals surface area (Å²) in [7, 11) is 1.59. The van der Waals surface area contributed by atoms with E-state index in [1.165, 1.54) is 0 Å². The number of rotatable bonds is 5. The number of hydrogen-bond acceptors (Lipinski definition) is 4. The van der Waals surface area contributed by atoms with Gasteiger partial charge in [-0.05, 0) is 18.2 Å². The normalized spacial score (nSPS) is 15.6. The van der Waals surface area contributed by atoms with E-state index in [2.05, 4.69) is 15.6 Å². The van der Waals surface area contributed by atoms with Gasteiger partial charge in [0.2, 0.25) is 5.91 Å². The van der Waals surface area contributed by atoms with Crippen LogP contribution in [-0.4, -0.2) is 32.1 Å². The van der Waals surface area contributed by atoms with Crippen LogP contribution in [-0.2, 0) is 4.79 Å². The molecule has 3 rings (SSSR count). The van der Waals surface area contributed by atoms with Gasteiger partial charge in [0.15, 0.2) is 5.96 Å². The SMILES string of the molecule is COc1cccc(NC(N)=NCC(=O)NC2CCOc3ccccc32)c1.I. The first-order chi connectivity index (χ1) is 12.7. The highest BCUT2D eigenvalue weighted by molar-refractivity contribution is 14.0. The second kappa shape index (κ2) is 10.0. The predicted octanol–water partition coefficient (Wildman–Crippen LogP) is 2.68. The molecule has 0 spiro atoms. The molecule has 1 heterocycles. The number of nitrogens with one attached hydrogen (secondary N) is 2. The van der Waals surface area contributed by atoms with E-state index in [1.807, 2.05) is 42.5 Å². The number of anilines is 1. The van der Waals surface area contributed by atoms with Gasteiger partial charge in [-0.15, -0.1) is 24.0 Å². The number of halogens is 1. The molecule has 0 saturated heterocycles. The van der Waals surface area contributed by atoms with Crippen molar-refractivity contribution in [3.05, 3.63) is 54.1 Å². The Kier molecular flexibility index (Phi) is 7.71. The molecule has 0 saturated carbocycles. The Balaban J connectivity index is 0.00000261. The van der Waals surface area contributed by atoms with E-state index in [9.17, 15) is 4.79 Å². The van der Waals surface area contributed by atoms with Crippen LogP contribution in [0.3, 0.4) is 0 Å². The minimum atomic E-state index is -0.193. The van der Waals surface area contributed by atoms with E-state index in [-0.39, 0.29) is 48.4 Å². The summed E-state index contributed by atoms with van der Waals surface area (Å²) in [5.74, 6) is 1.49. The standard InChI is InChI=1S/C19H22N4O3.HI/c1-25-14-6-4-5-13(11-14)22-19(20)21-12-18(24)23-16-9-10-26-17-8-3-2-7-15(16)17;/h2-8,11,16H,9-10,12H2,1H3,(H,23,24)(H3,20,21,22);1H. The molecule has 2 aromatic rings. The van der Waals surface area contributed by atoms with E-state index in [4.69, 9.17) is 15.2 Å². The topological polar surface area (TPSA) is 98.0 Å². The van der Waals surface area contributed by atoms with Crippen LogP contribution in [0.5, 0.6) is 11.5 Å². The average Bonchev–Trinajstić information content (AvgIpc) is 2.67. The molecule has 0 aliphatic carbocycles. The Morgan fingerprint density at radius 1 is 1.30 bits per heavy atom. The molecular weight excluding hydrogens is 459 g/mol. The molecule has 1 aliphatic heterocycles. The lowest BCUT2D eigenvalue weighted by atomic mass is 10.0. The minimum absolute atomic E-state index is 0. The van der Waals surface area contributed by atoms with Crippen LogP contribution in [0.1, 0.15) is 18.0 Å². The van der Waals surface area contributed by atoms with Crippen LogP contribution >= 0.6 is 24.0 Å². The number of methoxy groups -OCH3 is 1. The molecule has 1 aliphatic rings. The highest BCUT2D eigenvalue weighted by atomic mass is 127. The number of para-hydroxylation sites is 1. The summed E-state index contributed by atoms with van der Waals surface area (Å²) in [4.78, 5) is 16.3. The van der Waals surface area contributed by atoms with Gasteiger partial charge in [-0.3, -0.25) is 4.79 Å². The second-order valence-electron chi connectivity index (χ2n) is 5.85. The van der Waals surface area contributed by atoms with Gasteiger partial charge in [-0.1, -0.05) is 24.3 Å². The van der Waals surface area contributed by atoms with Crippen LogP contribution in [0.4, 0.5) is 5.69 Å². The zero-order chi connectivity index (χ0) is 18.4. The van der Waals surface area contributed by atoms with E-state index < -0.39 is 0 Å². The molecule has 2 aromatic carbocycles. The number of nitrogens with two attached hydrogens (primary N) is 1. The van der Waals surface area contributed by atoms with Crippen molar-refractivity contribution in [2.75, 3.05) is 25.6 Å². The fraction of sp³-hybridized carbons (Fsp3) is 0.263. The second-order valence-corrected chi connectivity index (χ2v) is 5.85. The summed E-state index contributed by atoms with van der Waals surface area (Å²) in [6.45, 7) is 0.521. The lowest BCUT2D eigenvalue weighted by molar-refractivity contribution is -0.120. The molecular formula is C19H23IN4O3. The Morgan fingerprint density at radius 2 is 2.11 bits per heavy atom. The van der Waals surface area contributed by atoms with Crippen LogP contribution in [0, 0.1) is 0 Å². The average molecular weight is 482 g/mol. The van der Waals surface area contributed by atoms with Gasteiger partial charge in [0.25, 0.3) is 0 Å². The van der Waals surface area contributed by atoms with Gasteiger partial charge in [0, 0.05) is 23.7 Å². The summed E-state index contributed by atoms with van der Waals surface area (Å²) in [6, 6.07) is 14.9. The number of ether oxygens (including phenoxy) is 2. The molecule has 0 radical (unpaired) electrons. The van der Waals surface area contributed by atoms with Crippen LogP contribution in [0.25, 0.3) is 0 Å². The first-order valence-corrected chi connectivity index (χ1v) is 8.38. The van der Waals surface area contributed by atoms with Gasteiger partial charge in [0.05, 0.1) is 19.8 Å². The van der Waals surface area contributed by atoms with Crippen molar-refractivity contribution in [1.82, 2.24) is 5.32 Å². The Hall–Kier alpha value is -2.49. The third-order valence-corrected chi connectivity index (χ3v) is 4.03. The van der Waals surface area contributed by atoms with E-state index in [1.54, 1.807) is 13.2 Å². The summed E-state index contributed by atoms with van der Waals surface area (Å²) in [5.41, 5.74) is 7.58. The number of carbonyl (C=O) groups excluding carboxylic acids is 1. The first-order valence-electron chi connectivity index (χ1n) is 8.38. The number of fused-ring (bicyclic) bond motifs is 1. The smallest absolute Gasteiger partial charge is 0.242 e. The van der Waals surface area contributed by atoms with E-state index in [0.717, 1.165) is 23.4 Å². The number of aliphatic imine (C=N–C) groups is 1. The first kappa shape index (κ1) is 20.8. The molecule has 1 unspecified atom stereocenters. The molecule has 0 aromatic heterocycles. The van der Waals surface area contributed by atoms with Gasteiger partial charge in [-0.2, -0.15) is 0 Å². The fourth-order valence-electron chi connectivity index (χ4n) is 2.78. The molecule has 4 N–H and O–H groups in total. The van der Waals surface area contributed by atoms with E-state index in [0.29, 0.717) is 12.4 Å². The summed E-state index contributed by atoms with van der Waals surface area (Å²) >= 11 is 0. The summed E-state index contributed by atoms with van der Waals surface area (Å²) in [6.07, 6.45) is 0.726. The molecule has 144 valence electrons. The quantitative estimate of drug-likeness (QED) is 0.346. The number of benzene rings is 2. The number of nitrogens with zero attached hydrogens (tertiary/aromatic N) is 1. The van der Waals surface area contributed by atoms with E-state index >= 15 is 0 Å². The number of hydrogen-bond donors (Lipinski definition) is 3.